The number of hydrogen-bond donors (Lipinski definition) is 0. The Hall–Kier alpha value is -2.34. The van der Waals surface area contributed by atoms with Gasteiger partial charge in [0.15, 0.2) is 0 Å². The van der Waals surface area contributed by atoms with Gasteiger partial charge in [-0.15, -0.1) is 0 Å². The number of hydrogen-bond acceptors (Lipinski definition) is 3. The van der Waals surface area contributed by atoms with E-state index in [2.05, 4.69) is 23.1 Å². The monoisotopic (exact) mass is 277 g/mol. The normalized spacial score (nSPS) is 13.3. The maximum Gasteiger partial charge on any atom is 0.146 e. The average molecular weight is 277 g/mol. The Kier molecular flexibility index (Phi) is 3.87. The second-order valence-electron chi connectivity index (χ2n) is 5.63. The van der Waals surface area contributed by atoms with Gasteiger partial charge < -0.3 is 4.90 Å². The number of aromatic nitrogens is 1. The van der Waals surface area contributed by atoms with E-state index in [1.54, 1.807) is 0 Å². The second kappa shape index (κ2) is 5.97. The van der Waals surface area contributed by atoms with Gasteiger partial charge in [0.1, 0.15) is 11.9 Å². The highest BCUT2D eigenvalue weighted by Gasteiger charge is 2.17. The van der Waals surface area contributed by atoms with Crippen molar-refractivity contribution in [3.05, 3.63) is 58.8 Å². The third-order valence-corrected chi connectivity index (χ3v) is 4.03. The average Bonchev–Trinajstić information content (AvgIpc) is 2.54. The van der Waals surface area contributed by atoms with Crippen molar-refractivity contribution in [1.29, 1.82) is 5.26 Å². The third kappa shape index (κ3) is 2.90. The van der Waals surface area contributed by atoms with Gasteiger partial charge in [-0.2, -0.15) is 5.26 Å². The van der Waals surface area contributed by atoms with Crippen molar-refractivity contribution in [2.75, 3.05) is 11.9 Å². The zero-order valence-corrected chi connectivity index (χ0v) is 12.3. The lowest BCUT2D eigenvalue weighted by Crippen LogP contribution is -2.20. The molecule has 106 valence electrons. The third-order valence-electron chi connectivity index (χ3n) is 4.03. The molecule has 3 rings (SSSR count). The maximum absolute atomic E-state index is 9.42. The van der Waals surface area contributed by atoms with E-state index >= 15 is 0 Å². The van der Waals surface area contributed by atoms with Crippen LogP contribution in [0.15, 0.2) is 36.4 Å². The van der Waals surface area contributed by atoms with E-state index in [0.717, 1.165) is 25.2 Å². The van der Waals surface area contributed by atoms with Gasteiger partial charge in [0, 0.05) is 19.3 Å². The Labute approximate surface area is 125 Å². The molecule has 1 heterocycles. The predicted octanol–water partition coefficient (Wildman–Crippen LogP) is 3.47. The fraction of sp³-hybridized carbons (Fsp3) is 0.333. The van der Waals surface area contributed by atoms with Crippen LogP contribution in [0.3, 0.4) is 0 Å². The van der Waals surface area contributed by atoms with E-state index in [1.165, 1.54) is 29.7 Å². The van der Waals surface area contributed by atoms with E-state index in [4.69, 9.17) is 4.98 Å². The first-order valence-corrected chi connectivity index (χ1v) is 7.46. The Balaban J connectivity index is 1.92. The lowest BCUT2D eigenvalue weighted by molar-refractivity contribution is 0.665. The fourth-order valence-corrected chi connectivity index (χ4v) is 2.93. The summed E-state index contributed by atoms with van der Waals surface area (Å²) in [6.45, 7) is 0.765. The fourth-order valence-electron chi connectivity index (χ4n) is 2.93. The van der Waals surface area contributed by atoms with Crippen molar-refractivity contribution in [3.8, 4) is 6.07 Å². The van der Waals surface area contributed by atoms with E-state index in [0.29, 0.717) is 5.56 Å². The largest absolute Gasteiger partial charge is 0.354 e. The summed E-state index contributed by atoms with van der Waals surface area (Å²) in [4.78, 5) is 6.86. The highest BCUT2D eigenvalue weighted by Crippen LogP contribution is 2.26. The van der Waals surface area contributed by atoms with E-state index in [1.807, 2.05) is 31.3 Å². The van der Waals surface area contributed by atoms with Crippen molar-refractivity contribution in [2.45, 2.75) is 32.2 Å². The predicted molar refractivity (Wildman–Crippen MR) is 84.1 cm³/mol. The minimum atomic E-state index is 0.689. The lowest BCUT2D eigenvalue weighted by Gasteiger charge is -2.23. The maximum atomic E-state index is 9.42. The van der Waals surface area contributed by atoms with E-state index < -0.39 is 0 Å². The minimum Gasteiger partial charge on any atom is -0.354 e. The van der Waals surface area contributed by atoms with Crippen molar-refractivity contribution in [3.63, 3.8) is 0 Å². The van der Waals surface area contributed by atoms with Crippen LogP contribution in [0.2, 0.25) is 0 Å². The SMILES string of the molecule is CN(Cc1ccccc1)c1nc2c(cc1C#N)CCCC2. The van der Waals surface area contributed by atoms with Crippen molar-refractivity contribution >= 4 is 5.82 Å². The van der Waals surface area contributed by atoms with Gasteiger partial charge >= 0.3 is 0 Å². The highest BCUT2D eigenvalue weighted by atomic mass is 15.2. The molecule has 0 saturated heterocycles. The molecule has 0 amide bonds. The first-order chi connectivity index (χ1) is 10.3. The number of benzene rings is 1. The zero-order chi connectivity index (χ0) is 14.7. The van der Waals surface area contributed by atoms with Gasteiger partial charge in [-0.1, -0.05) is 30.3 Å². The summed E-state index contributed by atoms with van der Waals surface area (Å²) >= 11 is 0. The quantitative estimate of drug-likeness (QED) is 0.862. The number of fused-ring (bicyclic) bond motifs is 1. The number of pyridine rings is 1. The number of anilines is 1. The zero-order valence-electron chi connectivity index (χ0n) is 12.3. The Morgan fingerprint density at radius 3 is 2.71 bits per heavy atom. The summed E-state index contributed by atoms with van der Waals surface area (Å²) < 4.78 is 0. The van der Waals surface area contributed by atoms with Gasteiger partial charge in [0.2, 0.25) is 0 Å². The van der Waals surface area contributed by atoms with Crippen LogP contribution in [0.4, 0.5) is 5.82 Å². The van der Waals surface area contributed by atoms with Gasteiger partial charge in [0.05, 0.1) is 5.56 Å². The van der Waals surface area contributed by atoms with Crippen LogP contribution in [0.5, 0.6) is 0 Å². The van der Waals surface area contributed by atoms with Crippen LogP contribution in [0.1, 0.15) is 35.2 Å². The first-order valence-electron chi connectivity index (χ1n) is 7.46. The first kappa shape index (κ1) is 13.6. The van der Waals surface area contributed by atoms with Crippen LogP contribution in [0, 0.1) is 11.3 Å². The van der Waals surface area contributed by atoms with E-state index in [-0.39, 0.29) is 0 Å². The Morgan fingerprint density at radius 1 is 1.19 bits per heavy atom. The lowest BCUT2D eigenvalue weighted by atomic mass is 9.95. The summed E-state index contributed by atoms with van der Waals surface area (Å²) in [5.74, 6) is 0.807. The molecule has 0 bridgehead atoms. The number of rotatable bonds is 3. The summed E-state index contributed by atoms with van der Waals surface area (Å²) in [6, 6.07) is 14.6. The smallest absolute Gasteiger partial charge is 0.146 e. The molecule has 1 aliphatic rings. The molecule has 0 unspecified atom stereocenters. The molecule has 1 aromatic heterocycles. The topological polar surface area (TPSA) is 39.9 Å². The second-order valence-corrected chi connectivity index (χ2v) is 5.63. The molecule has 0 atom stereocenters. The molecule has 0 saturated carbocycles. The molecule has 0 fully saturated rings. The van der Waals surface area contributed by atoms with Gasteiger partial charge in [0.25, 0.3) is 0 Å². The van der Waals surface area contributed by atoms with Gasteiger partial charge in [-0.3, -0.25) is 0 Å². The van der Waals surface area contributed by atoms with Crippen LogP contribution < -0.4 is 4.90 Å². The summed E-state index contributed by atoms with van der Waals surface area (Å²) in [5.41, 5.74) is 4.35. The molecule has 0 radical (unpaired) electrons. The molecule has 3 nitrogen and oxygen atoms in total. The summed E-state index contributed by atoms with van der Waals surface area (Å²) in [5, 5.41) is 9.42. The number of nitrogens with zero attached hydrogens (tertiary/aromatic N) is 3. The molecule has 1 aromatic carbocycles. The molecule has 0 aliphatic heterocycles. The minimum absolute atomic E-state index is 0.689. The molecule has 2 aromatic rings. The molecule has 3 heteroatoms. The highest BCUT2D eigenvalue weighted by molar-refractivity contribution is 5.56. The molecular weight excluding hydrogens is 258 g/mol. The van der Waals surface area contributed by atoms with Gasteiger partial charge in [-0.05, 0) is 42.9 Å². The number of aryl methyl sites for hydroxylation is 2. The molecular formula is C18H19N3. The Morgan fingerprint density at radius 2 is 1.95 bits per heavy atom. The summed E-state index contributed by atoms with van der Waals surface area (Å²) in [6.07, 6.45) is 4.50. The standard InChI is InChI=1S/C18H19N3/c1-21(13-14-7-3-2-4-8-14)18-16(12-19)11-15-9-5-6-10-17(15)20-18/h2-4,7-8,11H,5-6,9-10,13H2,1H3. The van der Waals surface area contributed by atoms with E-state index in [9.17, 15) is 5.26 Å². The van der Waals surface area contributed by atoms with Crippen LogP contribution >= 0.6 is 0 Å². The Bertz CT molecular complexity index is 671. The van der Waals surface area contributed by atoms with Crippen LogP contribution in [-0.2, 0) is 19.4 Å². The van der Waals surface area contributed by atoms with Crippen molar-refractivity contribution < 1.29 is 0 Å². The summed E-state index contributed by atoms with van der Waals surface area (Å²) in [7, 11) is 2.01. The molecule has 0 spiro atoms. The molecule has 0 N–H and O–H groups in total. The van der Waals surface area contributed by atoms with Crippen molar-refractivity contribution in [2.24, 2.45) is 0 Å². The molecule has 21 heavy (non-hydrogen) atoms. The van der Waals surface area contributed by atoms with Crippen LogP contribution in [-0.4, -0.2) is 12.0 Å². The van der Waals surface area contributed by atoms with Crippen LogP contribution in [0.25, 0.3) is 0 Å². The van der Waals surface area contributed by atoms with Crippen molar-refractivity contribution in [1.82, 2.24) is 4.98 Å². The molecule has 1 aliphatic carbocycles. The number of nitriles is 1. The van der Waals surface area contributed by atoms with Gasteiger partial charge in [-0.25, -0.2) is 4.98 Å².